The molecular formula is C28H26ClF3N2OS. The van der Waals surface area contributed by atoms with Gasteiger partial charge in [0.2, 0.25) is 5.91 Å². The zero-order valence-corrected chi connectivity index (χ0v) is 21.0. The van der Waals surface area contributed by atoms with Crippen molar-refractivity contribution in [3.8, 4) is 0 Å². The second-order valence-corrected chi connectivity index (χ2v) is 11.0. The summed E-state index contributed by atoms with van der Waals surface area (Å²) in [6.07, 6.45) is 4.53. The standard InChI is InChI=1S/C28H26ClF3N2OS/c29-22-10-5-18(6-11-22)26(27-33-13-14-36-27)20-7-12-24-23(15-20)19(16-25(35)34-24)4-1-17-2-8-21(9-3-17)28(30,31)32/h1-6,8-11,13-14,19-20,23-24,26H,7,12,15-16H2,(H,34,35)/b4-1+. The van der Waals surface area contributed by atoms with Crippen molar-refractivity contribution in [3.05, 3.63) is 92.9 Å². The topological polar surface area (TPSA) is 42.0 Å². The molecule has 5 unspecified atom stereocenters. The first-order chi connectivity index (χ1) is 17.3. The lowest BCUT2D eigenvalue weighted by Crippen LogP contribution is -2.51. The summed E-state index contributed by atoms with van der Waals surface area (Å²) in [5, 5.41) is 6.96. The van der Waals surface area contributed by atoms with Gasteiger partial charge in [-0.2, -0.15) is 13.2 Å². The molecule has 2 fully saturated rings. The number of amides is 1. The number of aromatic nitrogens is 1. The van der Waals surface area contributed by atoms with Gasteiger partial charge in [-0.05, 0) is 72.4 Å². The van der Waals surface area contributed by atoms with Gasteiger partial charge in [0.05, 0.1) is 5.56 Å². The van der Waals surface area contributed by atoms with Gasteiger partial charge in [0.25, 0.3) is 0 Å². The molecule has 0 bridgehead atoms. The number of fused-ring (bicyclic) bond motifs is 1. The first-order valence-corrected chi connectivity index (χ1v) is 13.3. The molecule has 5 rings (SSSR count). The van der Waals surface area contributed by atoms with E-state index in [9.17, 15) is 18.0 Å². The minimum Gasteiger partial charge on any atom is -0.353 e. The highest BCUT2D eigenvalue weighted by Gasteiger charge is 2.42. The van der Waals surface area contributed by atoms with Gasteiger partial charge in [0.15, 0.2) is 0 Å². The zero-order chi connectivity index (χ0) is 25.3. The molecule has 0 radical (unpaired) electrons. The van der Waals surface area contributed by atoms with Gasteiger partial charge in [0.1, 0.15) is 5.01 Å². The van der Waals surface area contributed by atoms with Gasteiger partial charge in [-0.15, -0.1) is 11.3 Å². The van der Waals surface area contributed by atoms with Crippen molar-refractivity contribution in [3.63, 3.8) is 0 Å². The average molecular weight is 531 g/mol. The lowest BCUT2D eigenvalue weighted by atomic mass is 9.65. The number of thiazole rings is 1. The van der Waals surface area contributed by atoms with Gasteiger partial charge in [-0.3, -0.25) is 4.79 Å². The fraction of sp³-hybridized carbons (Fsp3) is 0.357. The van der Waals surface area contributed by atoms with E-state index in [0.29, 0.717) is 22.9 Å². The van der Waals surface area contributed by atoms with Crippen molar-refractivity contribution in [2.75, 3.05) is 0 Å². The Bertz CT molecular complexity index is 1210. The van der Waals surface area contributed by atoms with Gasteiger partial charge in [-0.1, -0.05) is 48.0 Å². The monoisotopic (exact) mass is 530 g/mol. The Morgan fingerprint density at radius 3 is 2.50 bits per heavy atom. The number of benzene rings is 2. The third-order valence-corrected chi connectivity index (χ3v) is 8.56. The van der Waals surface area contributed by atoms with Crippen molar-refractivity contribution in [2.24, 2.45) is 17.8 Å². The van der Waals surface area contributed by atoms with E-state index in [0.717, 1.165) is 36.4 Å². The van der Waals surface area contributed by atoms with E-state index >= 15 is 0 Å². The molecule has 1 saturated carbocycles. The number of alkyl halides is 3. The molecule has 2 aromatic carbocycles. The molecule has 36 heavy (non-hydrogen) atoms. The summed E-state index contributed by atoms with van der Waals surface area (Å²) in [5.74, 6) is 0.819. The predicted molar refractivity (Wildman–Crippen MR) is 137 cm³/mol. The molecule has 0 spiro atoms. The second-order valence-electron chi connectivity index (χ2n) is 9.66. The summed E-state index contributed by atoms with van der Waals surface area (Å²) in [6.45, 7) is 0. The normalized spacial score (nSPS) is 25.4. The number of halogens is 4. The Labute approximate surface area is 217 Å². The quantitative estimate of drug-likeness (QED) is 0.369. The predicted octanol–water partition coefficient (Wildman–Crippen LogP) is 7.58. The number of hydrogen-bond donors (Lipinski definition) is 1. The smallest absolute Gasteiger partial charge is 0.353 e. The molecule has 1 aliphatic heterocycles. The summed E-state index contributed by atoms with van der Waals surface area (Å²) in [6, 6.07) is 13.2. The van der Waals surface area contributed by atoms with Crippen LogP contribution in [0.3, 0.4) is 0 Å². The molecule has 1 aliphatic carbocycles. The number of carbonyl (C=O) groups is 1. The van der Waals surface area contributed by atoms with Crippen molar-refractivity contribution >= 4 is 34.9 Å². The van der Waals surface area contributed by atoms with Crippen LogP contribution in [0, 0.1) is 17.8 Å². The Hall–Kier alpha value is -2.64. The van der Waals surface area contributed by atoms with Crippen molar-refractivity contribution in [2.45, 2.75) is 43.8 Å². The minimum absolute atomic E-state index is 0.0241. The molecule has 1 N–H and O–H groups in total. The van der Waals surface area contributed by atoms with Crippen LogP contribution < -0.4 is 5.32 Å². The highest BCUT2D eigenvalue weighted by molar-refractivity contribution is 7.09. The molecule has 3 nitrogen and oxygen atoms in total. The van der Waals surface area contributed by atoms with E-state index in [1.807, 2.05) is 35.9 Å². The van der Waals surface area contributed by atoms with Crippen LogP contribution in [-0.2, 0) is 11.0 Å². The lowest BCUT2D eigenvalue weighted by molar-refractivity contribution is -0.137. The molecular weight excluding hydrogens is 505 g/mol. The van der Waals surface area contributed by atoms with Gasteiger partial charge in [0, 0.05) is 35.0 Å². The molecule has 1 saturated heterocycles. The third kappa shape index (κ3) is 5.52. The van der Waals surface area contributed by atoms with Crippen molar-refractivity contribution in [1.29, 1.82) is 0 Å². The van der Waals surface area contributed by atoms with Gasteiger partial charge >= 0.3 is 6.18 Å². The number of carbonyl (C=O) groups excluding carboxylic acids is 1. The number of allylic oxidation sites excluding steroid dienone is 1. The van der Waals surface area contributed by atoms with E-state index in [1.54, 1.807) is 11.3 Å². The first kappa shape index (κ1) is 25.0. The molecule has 2 aliphatic rings. The maximum absolute atomic E-state index is 12.9. The summed E-state index contributed by atoms with van der Waals surface area (Å²) in [7, 11) is 0. The van der Waals surface area contributed by atoms with Crippen LogP contribution in [0.4, 0.5) is 13.2 Å². The highest BCUT2D eigenvalue weighted by atomic mass is 35.5. The second kappa shape index (κ2) is 10.4. The third-order valence-electron chi connectivity index (χ3n) is 7.45. The summed E-state index contributed by atoms with van der Waals surface area (Å²) in [5.41, 5.74) is 1.22. The Morgan fingerprint density at radius 2 is 1.83 bits per heavy atom. The van der Waals surface area contributed by atoms with Crippen LogP contribution >= 0.6 is 22.9 Å². The summed E-state index contributed by atoms with van der Waals surface area (Å²) in [4.78, 5) is 17.1. The maximum Gasteiger partial charge on any atom is 0.416 e. The van der Waals surface area contributed by atoms with Crippen LogP contribution in [-0.4, -0.2) is 16.9 Å². The molecule has 1 amide bonds. The van der Waals surface area contributed by atoms with E-state index in [1.165, 1.54) is 17.7 Å². The lowest BCUT2D eigenvalue weighted by Gasteiger charge is -2.45. The number of nitrogens with zero attached hydrogens (tertiary/aromatic N) is 1. The molecule has 2 heterocycles. The van der Waals surface area contributed by atoms with E-state index < -0.39 is 11.7 Å². The number of nitrogens with one attached hydrogen (secondary N) is 1. The Morgan fingerprint density at radius 1 is 1.08 bits per heavy atom. The van der Waals surface area contributed by atoms with Crippen LogP contribution in [0.2, 0.25) is 5.02 Å². The van der Waals surface area contributed by atoms with Crippen molar-refractivity contribution < 1.29 is 18.0 Å². The van der Waals surface area contributed by atoms with Crippen molar-refractivity contribution in [1.82, 2.24) is 10.3 Å². The number of rotatable bonds is 5. The van der Waals surface area contributed by atoms with Gasteiger partial charge in [-0.25, -0.2) is 4.98 Å². The largest absolute Gasteiger partial charge is 0.416 e. The average Bonchev–Trinajstić information content (AvgIpc) is 3.38. The van der Waals surface area contributed by atoms with E-state index in [4.69, 9.17) is 11.6 Å². The maximum atomic E-state index is 12.9. The number of piperidine rings is 1. The summed E-state index contributed by atoms with van der Waals surface area (Å²) < 4.78 is 38.7. The highest BCUT2D eigenvalue weighted by Crippen LogP contribution is 2.47. The number of hydrogen-bond acceptors (Lipinski definition) is 3. The van der Waals surface area contributed by atoms with E-state index in [2.05, 4.69) is 22.4 Å². The fourth-order valence-corrected chi connectivity index (χ4v) is 6.71. The van der Waals surface area contributed by atoms with Crippen LogP contribution in [0.25, 0.3) is 6.08 Å². The van der Waals surface area contributed by atoms with Crippen LogP contribution in [0.5, 0.6) is 0 Å². The Balaban J connectivity index is 1.38. The fourth-order valence-electron chi connectivity index (χ4n) is 5.73. The van der Waals surface area contributed by atoms with Crippen LogP contribution in [0.15, 0.2) is 66.2 Å². The molecule has 1 aromatic heterocycles. The zero-order valence-electron chi connectivity index (χ0n) is 19.4. The molecule has 5 atom stereocenters. The SMILES string of the molecule is O=C1CC(/C=C/c2ccc(C(F)(F)F)cc2)C2CC(C(c3ccc(Cl)cc3)c3nccs3)CCC2N1. The van der Waals surface area contributed by atoms with Crippen LogP contribution in [0.1, 0.15) is 53.3 Å². The first-order valence-electron chi connectivity index (χ1n) is 12.1. The van der Waals surface area contributed by atoms with E-state index in [-0.39, 0.29) is 29.7 Å². The molecule has 3 aromatic rings. The Kier molecular flexibility index (Phi) is 7.22. The molecule has 188 valence electrons. The van der Waals surface area contributed by atoms with Gasteiger partial charge < -0.3 is 5.32 Å². The minimum atomic E-state index is -4.36. The summed E-state index contributed by atoms with van der Waals surface area (Å²) >= 11 is 7.81. The molecule has 8 heteroatoms.